The number of carbonyl (C=O) groups excluding carboxylic acids is 1. The van der Waals surface area contributed by atoms with Crippen molar-refractivity contribution in [2.75, 3.05) is 31.1 Å². The van der Waals surface area contributed by atoms with Crippen LogP contribution in [0.4, 0.5) is 18.9 Å². The number of hydrogen-bond acceptors (Lipinski definition) is 6. The number of aromatic nitrogens is 3. The summed E-state index contributed by atoms with van der Waals surface area (Å²) in [6.45, 7) is 4.03. The largest absolute Gasteiger partial charge is 0.365 e. The molecule has 3 heterocycles. The molecule has 0 bridgehead atoms. The summed E-state index contributed by atoms with van der Waals surface area (Å²) in [6.07, 6.45) is -0.350. The molecule has 0 spiro atoms. The fraction of sp³-hybridized carbons (Fsp3) is 0.417. The molecule has 5 rings (SSSR count). The molecule has 2 aliphatic rings. The molecule has 2 N–H and O–H groups in total. The monoisotopic (exact) mass is 486 g/mol. The van der Waals surface area contributed by atoms with Gasteiger partial charge in [-0.15, -0.1) is 0 Å². The van der Waals surface area contributed by atoms with Gasteiger partial charge in [0.1, 0.15) is 23.1 Å². The molecule has 0 atom stereocenters. The van der Waals surface area contributed by atoms with Crippen LogP contribution in [0.5, 0.6) is 0 Å². The first-order valence-electron chi connectivity index (χ1n) is 11.6. The molecule has 1 aliphatic carbocycles. The number of nitrogens with zero attached hydrogens (tertiary/aromatic N) is 4. The third-order valence-corrected chi connectivity index (χ3v) is 6.64. The number of H-pyrrole nitrogens is 1. The Bertz CT molecular complexity index is 1330. The van der Waals surface area contributed by atoms with Crippen LogP contribution >= 0.6 is 0 Å². The fourth-order valence-corrected chi connectivity index (χ4v) is 4.48. The van der Waals surface area contributed by atoms with Crippen LogP contribution in [0.2, 0.25) is 0 Å². The van der Waals surface area contributed by atoms with E-state index < -0.39 is 29.4 Å². The highest BCUT2D eigenvalue weighted by Crippen LogP contribution is 2.25. The number of nitrogens with one attached hydrogen (secondary N) is 2. The first kappa shape index (κ1) is 23.3. The lowest BCUT2D eigenvalue weighted by Gasteiger charge is -2.36. The number of fused-ring (bicyclic) bond motifs is 1. The van der Waals surface area contributed by atoms with Crippen LogP contribution in [0.25, 0.3) is 11.0 Å². The average molecular weight is 486 g/mol. The van der Waals surface area contributed by atoms with Gasteiger partial charge in [-0.25, -0.2) is 18.7 Å². The van der Waals surface area contributed by atoms with Crippen molar-refractivity contribution in [3.63, 3.8) is 0 Å². The number of rotatable bonds is 5. The van der Waals surface area contributed by atoms with Gasteiger partial charge in [0.05, 0.1) is 11.2 Å². The zero-order chi connectivity index (χ0) is 24.7. The number of anilines is 1. The van der Waals surface area contributed by atoms with Crippen LogP contribution in [-0.2, 0) is 6.54 Å². The van der Waals surface area contributed by atoms with E-state index in [1.807, 2.05) is 9.80 Å². The Morgan fingerprint density at radius 3 is 2.54 bits per heavy atom. The maximum absolute atomic E-state index is 15.0. The minimum absolute atomic E-state index is 0.0401. The number of amides is 1. The van der Waals surface area contributed by atoms with E-state index >= 15 is 4.39 Å². The predicted octanol–water partition coefficient (Wildman–Crippen LogP) is 2.46. The Kier molecular flexibility index (Phi) is 6.18. The second kappa shape index (κ2) is 9.29. The van der Waals surface area contributed by atoms with Gasteiger partial charge in [0.25, 0.3) is 11.5 Å². The van der Waals surface area contributed by atoms with Crippen LogP contribution < -0.4 is 15.8 Å². The second-order valence-corrected chi connectivity index (χ2v) is 9.09. The van der Waals surface area contributed by atoms with Gasteiger partial charge in [-0.2, -0.15) is 4.39 Å². The van der Waals surface area contributed by atoms with Gasteiger partial charge >= 0.3 is 0 Å². The van der Waals surface area contributed by atoms with Gasteiger partial charge in [0, 0.05) is 44.3 Å². The molecule has 11 heteroatoms. The molecule has 2 aromatic heterocycles. The normalized spacial score (nSPS) is 20.6. The summed E-state index contributed by atoms with van der Waals surface area (Å²) in [5.74, 6) is -1.75. The van der Waals surface area contributed by atoms with Crippen molar-refractivity contribution in [3.05, 3.63) is 63.3 Å². The standard InChI is InChI=1S/C24H25F3N6O2/c1-13-23(34)31-21-17(28-13)3-2-14(20(21)26)12-32-6-8-33(9-7-32)19-5-4-18(30-22(19)27)24(35)29-16-10-15(25)11-16/h2-5,15-16H,6-12H2,1H3,(H,29,35)(H,31,34)/t15-,16-. The molecule has 8 nitrogen and oxygen atoms in total. The van der Waals surface area contributed by atoms with Crippen LogP contribution in [0.3, 0.4) is 0 Å². The van der Waals surface area contributed by atoms with E-state index in [2.05, 4.69) is 20.3 Å². The summed E-state index contributed by atoms with van der Waals surface area (Å²) in [5, 5.41) is 2.66. The number of benzene rings is 1. The van der Waals surface area contributed by atoms with E-state index in [0.717, 1.165) is 0 Å². The van der Waals surface area contributed by atoms with Crippen LogP contribution in [0.15, 0.2) is 29.1 Å². The summed E-state index contributed by atoms with van der Waals surface area (Å²) in [4.78, 5) is 38.4. The van der Waals surface area contributed by atoms with Crippen molar-refractivity contribution in [2.45, 2.75) is 38.5 Å². The van der Waals surface area contributed by atoms with Gasteiger partial charge in [0.15, 0.2) is 5.82 Å². The Morgan fingerprint density at radius 2 is 1.86 bits per heavy atom. The third kappa shape index (κ3) is 4.72. The summed E-state index contributed by atoms with van der Waals surface area (Å²) in [6, 6.07) is 6.11. The van der Waals surface area contributed by atoms with Crippen LogP contribution in [-0.4, -0.2) is 64.2 Å². The topological polar surface area (TPSA) is 94.2 Å². The first-order valence-corrected chi connectivity index (χ1v) is 11.6. The lowest BCUT2D eigenvalue weighted by molar-refractivity contribution is 0.0854. The molecule has 1 aromatic carbocycles. The highest BCUT2D eigenvalue weighted by atomic mass is 19.1. The maximum Gasteiger partial charge on any atom is 0.270 e. The molecule has 1 saturated heterocycles. The summed E-state index contributed by atoms with van der Waals surface area (Å²) < 4.78 is 42.6. The zero-order valence-corrected chi connectivity index (χ0v) is 19.2. The number of carbonyl (C=O) groups is 1. The predicted molar refractivity (Wildman–Crippen MR) is 124 cm³/mol. The van der Waals surface area contributed by atoms with Crippen LogP contribution in [0.1, 0.15) is 34.6 Å². The van der Waals surface area contributed by atoms with E-state index in [4.69, 9.17) is 0 Å². The number of pyridine rings is 1. The molecule has 1 amide bonds. The van der Waals surface area contributed by atoms with Gasteiger partial charge in [-0.3, -0.25) is 14.5 Å². The molecular formula is C24H25F3N6O2. The van der Waals surface area contributed by atoms with Crippen molar-refractivity contribution in [3.8, 4) is 0 Å². The van der Waals surface area contributed by atoms with Crippen molar-refractivity contribution in [2.24, 2.45) is 0 Å². The quantitative estimate of drug-likeness (QED) is 0.539. The SMILES string of the molecule is Cc1nc2ccc(CN3CCN(c4ccc(C(=O)N[C@H]5C[C@H](F)C5)nc4F)CC3)c(F)c2[nH]c1=O. The van der Waals surface area contributed by atoms with E-state index in [-0.39, 0.29) is 35.8 Å². The number of halogens is 3. The highest BCUT2D eigenvalue weighted by Gasteiger charge is 2.31. The van der Waals surface area contributed by atoms with E-state index in [1.165, 1.54) is 12.1 Å². The first-order chi connectivity index (χ1) is 16.8. The Hall–Kier alpha value is -3.47. The lowest BCUT2D eigenvalue weighted by atomic mass is 9.91. The third-order valence-electron chi connectivity index (χ3n) is 6.64. The minimum Gasteiger partial charge on any atom is -0.365 e. The maximum atomic E-state index is 15.0. The lowest BCUT2D eigenvalue weighted by Crippen LogP contribution is -2.46. The number of piperazine rings is 1. The Balaban J connectivity index is 1.21. The molecular weight excluding hydrogens is 461 g/mol. The fourth-order valence-electron chi connectivity index (χ4n) is 4.48. The summed E-state index contributed by atoms with van der Waals surface area (Å²) in [5.41, 5.74) is 1.05. The Morgan fingerprint density at radius 1 is 1.11 bits per heavy atom. The number of hydrogen-bond donors (Lipinski definition) is 2. The van der Waals surface area contributed by atoms with E-state index in [9.17, 15) is 18.4 Å². The number of aryl methyl sites for hydroxylation is 1. The molecule has 3 aromatic rings. The smallest absolute Gasteiger partial charge is 0.270 e. The van der Waals surface area contributed by atoms with E-state index in [0.29, 0.717) is 49.5 Å². The molecule has 0 unspecified atom stereocenters. The van der Waals surface area contributed by atoms with Gasteiger partial charge in [-0.1, -0.05) is 6.07 Å². The summed E-state index contributed by atoms with van der Waals surface area (Å²) >= 11 is 0. The van der Waals surface area contributed by atoms with Crippen molar-refractivity contribution >= 4 is 22.6 Å². The minimum atomic E-state index is -0.894. The van der Waals surface area contributed by atoms with Crippen molar-refractivity contribution < 1.29 is 18.0 Å². The molecule has 2 fully saturated rings. The Labute approximate surface area is 199 Å². The molecule has 35 heavy (non-hydrogen) atoms. The molecule has 1 aliphatic heterocycles. The summed E-state index contributed by atoms with van der Waals surface area (Å²) in [7, 11) is 0. The van der Waals surface area contributed by atoms with Crippen molar-refractivity contribution in [1.29, 1.82) is 0 Å². The van der Waals surface area contributed by atoms with Gasteiger partial charge in [-0.05, 0) is 38.0 Å². The number of alkyl halides is 1. The average Bonchev–Trinajstić information content (AvgIpc) is 2.82. The highest BCUT2D eigenvalue weighted by molar-refractivity contribution is 5.92. The molecule has 1 saturated carbocycles. The zero-order valence-electron chi connectivity index (χ0n) is 19.2. The molecule has 0 radical (unpaired) electrons. The van der Waals surface area contributed by atoms with Gasteiger partial charge < -0.3 is 15.2 Å². The number of aromatic amines is 1. The van der Waals surface area contributed by atoms with Gasteiger partial charge in [0.2, 0.25) is 5.95 Å². The van der Waals surface area contributed by atoms with Crippen LogP contribution in [0, 0.1) is 18.7 Å². The van der Waals surface area contributed by atoms with Crippen molar-refractivity contribution in [1.82, 2.24) is 25.2 Å². The second-order valence-electron chi connectivity index (χ2n) is 9.09. The van der Waals surface area contributed by atoms with E-state index in [1.54, 1.807) is 19.1 Å². The molecule has 184 valence electrons.